The molecule has 3 heterocycles. The molecular formula is C14H16O5. The quantitative estimate of drug-likeness (QED) is 0.762. The summed E-state index contributed by atoms with van der Waals surface area (Å²) in [5, 5.41) is 0. The van der Waals surface area contributed by atoms with E-state index in [4.69, 9.17) is 23.7 Å². The number of rotatable bonds is 4. The first-order valence-electron chi connectivity index (χ1n) is 6.52. The number of benzene rings is 1. The predicted octanol–water partition coefficient (Wildman–Crippen LogP) is 1.10. The minimum Gasteiger partial charge on any atom is -0.497 e. The molecule has 5 heteroatoms. The molecule has 5 atom stereocenters. The molecule has 5 nitrogen and oxygen atoms in total. The highest BCUT2D eigenvalue weighted by Gasteiger charge is 2.62. The lowest BCUT2D eigenvalue weighted by Crippen LogP contribution is -2.41. The average Bonchev–Trinajstić information content (AvgIpc) is 3.14. The molecule has 0 spiro atoms. The van der Waals surface area contributed by atoms with Crippen LogP contribution in [0.3, 0.4) is 0 Å². The van der Waals surface area contributed by atoms with E-state index in [0.717, 1.165) is 11.3 Å². The van der Waals surface area contributed by atoms with Gasteiger partial charge >= 0.3 is 0 Å². The summed E-state index contributed by atoms with van der Waals surface area (Å²) in [7, 11) is 1.66. The van der Waals surface area contributed by atoms with Gasteiger partial charge in [0.1, 0.15) is 30.2 Å². The second kappa shape index (κ2) is 4.45. The molecule has 4 rings (SSSR count). The van der Waals surface area contributed by atoms with Gasteiger partial charge in [-0.2, -0.15) is 0 Å². The second-order valence-electron chi connectivity index (χ2n) is 5.07. The average molecular weight is 264 g/mol. The van der Waals surface area contributed by atoms with Gasteiger partial charge < -0.3 is 23.7 Å². The van der Waals surface area contributed by atoms with Gasteiger partial charge in [-0.3, -0.25) is 0 Å². The minimum absolute atomic E-state index is 0.00648. The molecule has 0 unspecified atom stereocenters. The van der Waals surface area contributed by atoms with Gasteiger partial charge in [0.15, 0.2) is 6.29 Å². The van der Waals surface area contributed by atoms with Gasteiger partial charge in [0.2, 0.25) is 0 Å². The molecule has 1 aromatic rings. The molecule has 102 valence electrons. The van der Waals surface area contributed by atoms with Crippen LogP contribution >= 0.6 is 0 Å². The highest BCUT2D eigenvalue weighted by Crippen LogP contribution is 2.43. The molecule has 3 aliphatic heterocycles. The zero-order valence-electron chi connectivity index (χ0n) is 10.7. The van der Waals surface area contributed by atoms with Gasteiger partial charge in [-0.1, -0.05) is 12.1 Å². The zero-order chi connectivity index (χ0) is 12.8. The van der Waals surface area contributed by atoms with Gasteiger partial charge in [-0.25, -0.2) is 0 Å². The molecule has 3 fully saturated rings. The lowest BCUT2D eigenvalue weighted by Gasteiger charge is -2.24. The molecule has 3 aliphatic rings. The number of hydrogen-bond donors (Lipinski definition) is 0. The van der Waals surface area contributed by atoms with Crippen LogP contribution in [-0.4, -0.2) is 44.4 Å². The number of methoxy groups -OCH3 is 1. The first kappa shape index (κ1) is 11.7. The monoisotopic (exact) mass is 264 g/mol. The van der Waals surface area contributed by atoms with Gasteiger partial charge in [-0.05, 0) is 17.7 Å². The Balaban J connectivity index is 1.39. The van der Waals surface area contributed by atoms with Crippen molar-refractivity contribution in [3.05, 3.63) is 29.8 Å². The summed E-state index contributed by atoms with van der Waals surface area (Å²) in [6, 6.07) is 7.87. The van der Waals surface area contributed by atoms with E-state index < -0.39 is 0 Å². The smallest absolute Gasteiger partial charge is 0.187 e. The van der Waals surface area contributed by atoms with Gasteiger partial charge in [0, 0.05) is 0 Å². The first-order chi connectivity index (χ1) is 9.35. The largest absolute Gasteiger partial charge is 0.497 e. The number of fused-ring (bicyclic) bond motifs is 4. The molecule has 0 aromatic heterocycles. The fourth-order valence-electron chi connectivity index (χ4n) is 2.73. The van der Waals surface area contributed by atoms with E-state index in [0.29, 0.717) is 13.2 Å². The molecule has 0 aliphatic carbocycles. The molecule has 1 aromatic carbocycles. The summed E-state index contributed by atoms with van der Waals surface area (Å²) in [4.78, 5) is 0. The van der Waals surface area contributed by atoms with Crippen molar-refractivity contribution in [2.45, 2.75) is 37.3 Å². The fourth-order valence-corrected chi connectivity index (χ4v) is 2.73. The normalized spacial score (nSPS) is 38.9. The van der Waals surface area contributed by atoms with E-state index in [9.17, 15) is 0 Å². The van der Waals surface area contributed by atoms with Crippen molar-refractivity contribution in [2.75, 3.05) is 13.7 Å². The maximum absolute atomic E-state index is 5.96. The van der Waals surface area contributed by atoms with Crippen LogP contribution < -0.4 is 4.74 Å². The van der Waals surface area contributed by atoms with Crippen molar-refractivity contribution in [1.82, 2.24) is 0 Å². The van der Waals surface area contributed by atoms with Crippen LogP contribution in [-0.2, 0) is 25.6 Å². The Morgan fingerprint density at radius 2 is 2.00 bits per heavy atom. The molecular weight excluding hydrogens is 248 g/mol. The summed E-state index contributed by atoms with van der Waals surface area (Å²) in [6.07, 6.45) is 0.0257. The van der Waals surface area contributed by atoms with E-state index in [1.54, 1.807) is 7.11 Å². The predicted molar refractivity (Wildman–Crippen MR) is 64.8 cm³/mol. The van der Waals surface area contributed by atoms with Crippen LogP contribution in [0.15, 0.2) is 24.3 Å². The Hall–Kier alpha value is -1.14. The Kier molecular flexibility index (Phi) is 2.73. The van der Waals surface area contributed by atoms with Crippen molar-refractivity contribution in [2.24, 2.45) is 0 Å². The summed E-state index contributed by atoms with van der Waals surface area (Å²) >= 11 is 0. The van der Waals surface area contributed by atoms with Crippen molar-refractivity contribution in [1.29, 1.82) is 0 Å². The molecule has 2 bridgehead atoms. The van der Waals surface area contributed by atoms with E-state index in [1.165, 1.54) is 0 Å². The number of epoxide rings is 1. The van der Waals surface area contributed by atoms with E-state index in [1.807, 2.05) is 24.3 Å². The maximum atomic E-state index is 5.96. The van der Waals surface area contributed by atoms with Crippen LogP contribution in [0.4, 0.5) is 0 Å². The van der Waals surface area contributed by atoms with Crippen LogP contribution in [0.1, 0.15) is 5.56 Å². The third-order valence-electron chi connectivity index (χ3n) is 3.86. The summed E-state index contributed by atoms with van der Waals surface area (Å²) in [5.41, 5.74) is 1.11. The highest BCUT2D eigenvalue weighted by molar-refractivity contribution is 5.26. The molecule has 0 N–H and O–H groups in total. The van der Waals surface area contributed by atoms with Crippen molar-refractivity contribution in [3.63, 3.8) is 0 Å². The van der Waals surface area contributed by atoms with Crippen LogP contribution in [0.5, 0.6) is 5.75 Å². The second-order valence-corrected chi connectivity index (χ2v) is 5.07. The number of hydrogen-bond acceptors (Lipinski definition) is 5. The Labute approximate surface area is 111 Å². The Morgan fingerprint density at radius 1 is 1.16 bits per heavy atom. The van der Waals surface area contributed by atoms with Crippen LogP contribution in [0, 0.1) is 0 Å². The Morgan fingerprint density at radius 3 is 2.79 bits per heavy atom. The van der Waals surface area contributed by atoms with Crippen molar-refractivity contribution < 1.29 is 23.7 Å². The van der Waals surface area contributed by atoms with Crippen LogP contribution in [0.2, 0.25) is 0 Å². The summed E-state index contributed by atoms with van der Waals surface area (Å²) in [6.45, 7) is 1.15. The molecule has 0 radical (unpaired) electrons. The van der Waals surface area contributed by atoms with Crippen molar-refractivity contribution in [3.8, 4) is 5.75 Å². The minimum atomic E-state index is -0.171. The van der Waals surface area contributed by atoms with Gasteiger partial charge in [-0.15, -0.1) is 0 Å². The van der Waals surface area contributed by atoms with Gasteiger partial charge in [0.25, 0.3) is 0 Å². The molecule has 19 heavy (non-hydrogen) atoms. The third kappa shape index (κ3) is 2.03. The van der Waals surface area contributed by atoms with Crippen LogP contribution in [0.25, 0.3) is 0 Å². The number of ether oxygens (including phenoxy) is 5. The zero-order valence-corrected chi connectivity index (χ0v) is 10.7. The lowest BCUT2D eigenvalue weighted by atomic mass is 10.1. The Bertz CT molecular complexity index is 459. The molecule has 0 amide bonds. The fraction of sp³-hybridized carbons (Fsp3) is 0.571. The SMILES string of the molecule is COc1ccc(CO[C@H]2[C@@H]3O[C@@H]3[C@@H]3OC[C@H]2O3)cc1. The summed E-state index contributed by atoms with van der Waals surface area (Å²) < 4.78 is 27.8. The van der Waals surface area contributed by atoms with Crippen molar-refractivity contribution >= 4 is 0 Å². The molecule has 0 saturated carbocycles. The standard InChI is InChI=1S/C14H16O5/c1-15-9-4-2-8(3-5-9)6-16-11-10-7-17-14(18-10)13-12(11)19-13/h2-5,10-14H,6-7H2,1H3/t10-,11-,12+,13+,14-/m1/s1. The van der Waals surface area contributed by atoms with Gasteiger partial charge in [0.05, 0.1) is 20.3 Å². The van der Waals surface area contributed by atoms with E-state index in [-0.39, 0.29) is 30.7 Å². The topological polar surface area (TPSA) is 49.5 Å². The molecule has 3 saturated heterocycles. The lowest BCUT2D eigenvalue weighted by molar-refractivity contribution is -0.121. The first-order valence-corrected chi connectivity index (χ1v) is 6.52. The van der Waals surface area contributed by atoms with E-state index >= 15 is 0 Å². The summed E-state index contributed by atoms with van der Waals surface area (Å²) in [5.74, 6) is 0.849. The highest BCUT2D eigenvalue weighted by atomic mass is 16.8. The maximum Gasteiger partial charge on any atom is 0.187 e. The third-order valence-corrected chi connectivity index (χ3v) is 3.86. The van der Waals surface area contributed by atoms with E-state index in [2.05, 4.69) is 0 Å².